The third kappa shape index (κ3) is 1.20. The van der Waals surface area contributed by atoms with Crippen molar-refractivity contribution in [3.8, 4) is 0 Å². The second-order valence-corrected chi connectivity index (χ2v) is 4.65. The quantitative estimate of drug-likeness (QED) is 0.512. The first-order valence-electron chi connectivity index (χ1n) is 4.54. The van der Waals surface area contributed by atoms with E-state index in [0.29, 0.717) is 0 Å². The Morgan fingerprint density at radius 2 is 1.70 bits per heavy atom. The van der Waals surface area contributed by atoms with Crippen LogP contribution in [0.4, 0.5) is 0 Å². The third-order valence-corrected chi connectivity index (χ3v) is 3.73. The topological polar surface area (TPSA) is 0 Å². The van der Waals surface area contributed by atoms with Crippen LogP contribution in [0.15, 0.2) is 0 Å². The predicted octanol–water partition coefficient (Wildman–Crippen LogP) is 2.89. The first kappa shape index (κ1) is 7.02. The monoisotopic (exact) mass is 156 g/mol. The average Bonchev–Trinajstić information content (AvgIpc) is 2.33. The molecule has 0 amide bonds. The van der Waals surface area contributed by atoms with E-state index in [1.165, 1.54) is 38.5 Å². The molecule has 0 aromatic heterocycles. The van der Waals surface area contributed by atoms with E-state index in [1.807, 2.05) is 0 Å². The van der Waals surface area contributed by atoms with Crippen LogP contribution in [0.3, 0.4) is 0 Å². The zero-order valence-electron chi connectivity index (χ0n) is 6.42. The summed E-state index contributed by atoms with van der Waals surface area (Å²) in [5.41, 5.74) is 0. The van der Waals surface area contributed by atoms with Crippen molar-refractivity contribution in [1.82, 2.24) is 0 Å². The molecule has 10 heavy (non-hydrogen) atoms. The maximum atomic E-state index is 4.54. The van der Waals surface area contributed by atoms with Gasteiger partial charge in [-0.05, 0) is 31.1 Å². The average molecular weight is 156 g/mol. The summed E-state index contributed by atoms with van der Waals surface area (Å²) in [6.45, 7) is 0. The van der Waals surface area contributed by atoms with Crippen LogP contribution in [0.2, 0.25) is 0 Å². The fourth-order valence-corrected chi connectivity index (χ4v) is 3.10. The van der Waals surface area contributed by atoms with Gasteiger partial charge >= 0.3 is 0 Å². The normalized spacial score (nSPS) is 47.1. The van der Waals surface area contributed by atoms with E-state index >= 15 is 0 Å². The summed E-state index contributed by atoms with van der Waals surface area (Å²) in [6, 6.07) is 0. The lowest BCUT2D eigenvalue weighted by atomic mass is 9.81. The molecule has 0 N–H and O–H groups in total. The minimum absolute atomic E-state index is 0.736. The van der Waals surface area contributed by atoms with Crippen molar-refractivity contribution in [2.45, 2.75) is 43.8 Å². The van der Waals surface area contributed by atoms with Gasteiger partial charge in [0.15, 0.2) is 0 Å². The van der Waals surface area contributed by atoms with E-state index in [4.69, 9.17) is 0 Å². The van der Waals surface area contributed by atoms with Crippen LogP contribution in [-0.2, 0) is 0 Å². The molecule has 0 nitrogen and oxygen atoms in total. The van der Waals surface area contributed by atoms with Gasteiger partial charge in [-0.25, -0.2) is 0 Å². The second-order valence-electron chi connectivity index (χ2n) is 3.92. The molecule has 0 aromatic rings. The molecule has 2 aliphatic carbocycles. The summed E-state index contributed by atoms with van der Waals surface area (Å²) >= 11 is 4.54. The summed E-state index contributed by atoms with van der Waals surface area (Å²) in [4.78, 5) is 0. The smallest absolute Gasteiger partial charge is 0.00196 e. The minimum Gasteiger partial charge on any atom is -0.176 e. The zero-order chi connectivity index (χ0) is 6.97. The molecule has 0 saturated heterocycles. The predicted molar refractivity (Wildman–Crippen MR) is 47.5 cm³/mol. The van der Waals surface area contributed by atoms with Crippen molar-refractivity contribution in [2.75, 3.05) is 0 Å². The number of hydrogen-bond acceptors (Lipinski definition) is 1. The molecule has 0 heterocycles. The highest BCUT2D eigenvalue weighted by Crippen LogP contribution is 2.43. The summed E-state index contributed by atoms with van der Waals surface area (Å²) in [5.74, 6) is 2.17. The van der Waals surface area contributed by atoms with Gasteiger partial charge in [0.1, 0.15) is 0 Å². The van der Waals surface area contributed by atoms with Gasteiger partial charge in [0.25, 0.3) is 0 Å². The van der Waals surface area contributed by atoms with Gasteiger partial charge in [0, 0.05) is 5.25 Å². The van der Waals surface area contributed by atoms with Crippen LogP contribution in [-0.4, -0.2) is 5.25 Å². The summed E-state index contributed by atoms with van der Waals surface area (Å²) in [5, 5.41) is 0.736. The number of hydrogen-bond donors (Lipinski definition) is 1. The van der Waals surface area contributed by atoms with Crippen LogP contribution in [0.1, 0.15) is 38.5 Å². The standard InChI is InChI=1S/C9H16S/c10-9-5-4-7-2-1-3-8(7)6-9/h7-10H,1-6H2. The van der Waals surface area contributed by atoms with Gasteiger partial charge in [-0.1, -0.05) is 19.3 Å². The zero-order valence-corrected chi connectivity index (χ0v) is 7.32. The van der Waals surface area contributed by atoms with E-state index in [2.05, 4.69) is 12.6 Å². The maximum absolute atomic E-state index is 4.54. The Labute approximate surface area is 68.8 Å². The highest BCUT2D eigenvalue weighted by Gasteiger charge is 2.32. The van der Waals surface area contributed by atoms with Gasteiger partial charge in [0.2, 0.25) is 0 Å². The Kier molecular flexibility index (Phi) is 1.94. The molecule has 2 fully saturated rings. The van der Waals surface area contributed by atoms with Crippen molar-refractivity contribution >= 4 is 12.6 Å². The van der Waals surface area contributed by atoms with E-state index in [9.17, 15) is 0 Å². The lowest BCUT2D eigenvalue weighted by Gasteiger charge is -2.28. The molecule has 0 aromatic carbocycles. The maximum Gasteiger partial charge on any atom is 0.00196 e. The Morgan fingerprint density at radius 3 is 2.60 bits per heavy atom. The van der Waals surface area contributed by atoms with E-state index in [1.54, 1.807) is 0 Å². The van der Waals surface area contributed by atoms with Crippen LogP contribution < -0.4 is 0 Å². The largest absolute Gasteiger partial charge is 0.176 e. The molecule has 0 aliphatic heterocycles. The van der Waals surface area contributed by atoms with Crippen molar-refractivity contribution in [1.29, 1.82) is 0 Å². The van der Waals surface area contributed by atoms with E-state index in [0.717, 1.165) is 17.1 Å². The van der Waals surface area contributed by atoms with Crippen molar-refractivity contribution < 1.29 is 0 Å². The van der Waals surface area contributed by atoms with E-state index in [-0.39, 0.29) is 0 Å². The SMILES string of the molecule is SC1CCC2CCCC2C1. The molecule has 1 heteroatoms. The highest BCUT2D eigenvalue weighted by atomic mass is 32.1. The first-order chi connectivity index (χ1) is 4.86. The molecular formula is C9H16S. The molecule has 0 spiro atoms. The third-order valence-electron chi connectivity index (χ3n) is 3.26. The van der Waals surface area contributed by atoms with Gasteiger partial charge in [-0.3, -0.25) is 0 Å². The summed E-state index contributed by atoms with van der Waals surface area (Å²) < 4.78 is 0. The molecule has 2 saturated carbocycles. The van der Waals surface area contributed by atoms with Gasteiger partial charge in [-0.2, -0.15) is 12.6 Å². The van der Waals surface area contributed by atoms with Gasteiger partial charge in [-0.15, -0.1) is 0 Å². The number of rotatable bonds is 0. The van der Waals surface area contributed by atoms with Gasteiger partial charge in [0.05, 0.1) is 0 Å². The summed E-state index contributed by atoms with van der Waals surface area (Å²) in [6.07, 6.45) is 8.78. The summed E-state index contributed by atoms with van der Waals surface area (Å²) in [7, 11) is 0. The van der Waals surface area contributed by atoms with Crippen LogP contribution >= 0.6 is 12.6 Å². The first-order valence-corrected chi connectivity index (χ1v) is 5.06. The molecular weight excluding hydrogens is 140 g/mol. The van der Waals surface area contributed by atoms with Crippen LogP contribution in [0, 0.1) is 11.8 Å². The molecule has 3 unspecified atom stereocenters. The fourth-order valence-electron chi connectivity index (χ4n) is 2.68. The number of fused-ring (bicyclic) bond motifs is 1. The minimum atomic E-state index is 0.736. The Hall–Kier alpha value is 0.350. The molecule has 58 valence electrons. The lowest BCUT2D eigenvalue weighted by molar-refractivity contribution is 0.284. The Balaban J connectivity index is 1.96. The van der Waals surface area contributed by atoms with Crippen molar-refractivity contribution in [3.63, 3.8) is 0 Å². The number of thiol groups is 1. The van der Waals surface area contributed by atoms with Crippen molar-refractivity contribution in [2.24, 2.45) is 11.8 Å². The van der Waals surface area contributed by atoms with Crippen LogP contribution in [0.25, 0.3) is 0 Å². The lowest BCUT2D eigenvalue weighted by Crippen LogP contribution is -2.20. The second kappa shape index (κ2) is 2.77. The van der Waals surface area contributed by atoms with Crippen molar-refractivity contribution in [3.05, 3.63) is 0 Å². The molecule has 2 aliphatic rings. The Morgan fingerprint density at radius 1 is 0.900 bits per heavy atom. The molecule has 0 radical (unpaired) electrons. The van der Waals surface area contributed by atoms with Gasteiger partial charge < -0.3 is 0 Å². The molecule has 2 rings (SSSR count). The molecule has 3 atom stereocenters. The van der Waals surface area contributed by atoms with Crippen LogP contribution in [0.5, 0.6) is 0 Å². The highest BCUT2D eigenvalue weighted by molar-refractivity contribution is 7.80. The fraction of sp³-hybridized carbons (Fsp3) is 1.00. The Bertz CT molecular complexity index is 122. The van der Waals surface area contributed by atoms with E-state index < -0.39 is 0 Å². The molecule has 0 bridgehead atoms.